The van der Waals surface area contributed by atoms with E-state index in [1.54, 1.807) is 30.3 Å². The average molecular weight is 341 g/mol. The Kier molecular flexibility index (Phi) is 4.46. The maximum Gasteiger partial charge on any atom is 0.245 e. The molecule has 0 heterocycles. The van der Waals surface area contributed by atoms with Crippen molar-refractivity contribution in [2.45, 2.75) is 6.04 Å². The fourth-order valence-electron chi connectivity index (χ4n) is 1.67. The van der Waals surface area contributed by atoms with E-state index in [1.807, 2.05) is 0 Å². The molecule has 0 saturated carbocycles. The summed E-state index contributed by atoms with van der Waals surface area (Å²) >= 11 is 3.00. The number of benzene rings is 2. The number of anilines is 1. The monoisotopic (exact) mass is 340 g/mol. The smallest absolute Gasteiger partial charge is 0.245 e. The van der Waals surface area contributed by atoms with E-state index in [2.05, 4.69) is 21.2 Å². The van der Waals surface area contributed by atoms with Crippen LogP contribution in [0.15, 0.2) is 46.9 Å². The number of hydrogen-bond donors (Lipinski definition) is 2. The summed E-state index contributed by atoms with van der Waals surface area (Å²) in [6.07, 6.45) is 0. The molecule has 104 valence electrons. The van der Waals surface area contributed by atoms with E-state index in [9.17, 15) is 13.6 Å². The predicted octanol–water partition coefficient (Wildman–Crippen LogP) is 3.37. The molecule has 0 unspecified atom stereocenters. The second kappa shape index (κ2) is 6.11. The third kappa shape index (κ3) is 3.20. The van der Waals surface area contributed by atoms with Gasteiger partial charge in [0.2, 0.25) is 5.91 Å². The van der Waals surface area contributed by atoms with Crippen LogP contribution < -0.4 is 11.1 Å². The van der Waals surface area contributed by atoms with Gasteiger partial charge in [-0.1, -0.05) is 30.3 Å². The van der Waals surface area contributed by atoms with Gasteiger partial charge in [0, 0.05) is 10.5 Å². The van der Waals surface area contributed by atoms with Crippen LogP contribution >= 0.6 is 15.9 Å². The van der Waals surface area contributed by atoms with E-state index < -0.39 is 23.6 Å². The van der Waals surface area contributed by atoms with Gasteiger partial charge in [-0.05, 0) is 27.6 Å². The van der Waals surface area contributed by atoms with Gasteiger partial charge in [0.15, 0.2) is 5.82 Å². The summed E-state index contributed by atoms with van der Waals surface area (Å²) in [6, 6.07) is 9.49. The van der Waals surface area contributed by atoms with Crippen molar-refractivity contribution in [1.82, 2.24) is 0 Å². The first-order valence-corrected chi connectivity index (χ1v) is 6.54. The molecule has 0 aromatic heterocycles. The van der Waals surface area contributed by atoms with E-state index in [1.165, 1.54) is 0 Å². The molecule has 3 N–H and O–H groups in total. The van der Waals surface area contributed by atoms with Crippen molar-refractivity contribution in [3.8, 4) is 0 Å². The van der Waals surface area contributed by atoms with Crippen LogP contribution in [0.2, 0.25) is 0 Å². The number of nitrogens with two attached hydrogens (primary N) is 1. The topological polar surface area (TPSA) is 55.1 Å². The van der Waals surface area contributed by atoms with E-state index >= 15 is 0 Å². The molecule has 0 spiro atoms. The van der Waals surface area contributed by atoms with Crippen LogP contribution in [0.3, 0.4) is 0 Å². The lowest BCUT2D eigenvalue weighted by atomic mass is 10.1. The Labute approximate surface area is 122 Å². The number of halogens is 3. The fourth-order valence-corrected chi connectivity index (χ4v) is 2.18. The largest absolute Gasteiger partial charge is 0.321 e. The fraction of sp³-hybridized carbons (Fsp3) is 0.0714. The zero-order valence-electron chi connectivity index (χ0n) is 10.2. The molecule has 0 aliphatic heterocycles. The highest BCUT2D eigenvalue weighted by Crippen LogP contribution is 2.27. The van der Waals surface area contributed by atoms with Crippen LogP contribution in [0.4, 0.5) is 14.5 Å². The van der Waals surface area contributed by atoms with E-state index in [0.717, 1.165) is 6.07 Å². The number of hydrogen-bond acceptors (Lipinski definition) is 2. The molecule has 2 rings (SSSR count). The number of nitrogens with one attached hydrogen (secondary N) is 1. The Morgan fingerprint density at radius 2 is 1.85 bits per heavy atom. The molecule has 2 aromatic carbocycles. The van der Waals surface area contributed by atoms with Crippen molar-refractivity contribution in [2.75, 3.05) is 5.32 Å². The second-order valence-electron chi connectivity index (χ2n) is 4.12. The highest BCUT2D eigenvalue weighted by molar-refractivity contribution is 9.10. The minimum Gasteiger partial charge on any atom is -0.321 e. The van der Waals surface area contributed by atoms with E-state index in [-0.39, 0.29) is 10.2 Å². The van der Waals surface area contributed by atoms with Gasteiger partial charge in [0.05, 0.1) is 5.69 Å². The average Bonchev–Trinajstić information content (AvgIpc) is 2.42. The molecule has 0 saturated heterocycles. The molecule has 0 aliphatic carbocycles. The molecule has 6 heteroatoms. The molecule has 3 nitrogen and oxygen atoms in total. The third-order valence-electron chi connectivity index (χ3n) is 2.70. The number of amides is 1. The molecule has 0 fully saturated rings. The molecule has 0 radical (unpaired) electrons. The van der Waals surface area contributed by atoms with Gasteiger partial charge in [0.25, 0.3) is 0 Å². The summed E-state index contributed by atoms with van der Waals surface area (Å²) in [4.78, 5) is 12.0. The minimum atomic E-state index is -0.937. The summed E-state index contributed by atoms with van der Waals surface area (Å²) in [5.74, 6) is -2.19. The standard InChI is InChI=1S/C14H11BrF2N2O/c15-10-6-9(16)7-11(17)13(10)19-14(20)12(18)8-4-2-1-3-5-8/h1-7,12H,18H2,(H,19,20)/t12-/m1/s1. The molecule has 1 amide bonds. The first kappa shape index (κ1) is 14.6. The van der Waals surface area contributed by atoms with E-state index in [4.69, 9.17) is 5.73 Å². The van der Waals surface area contributed by atoms with Crippen molar-refractivity contribution < 1.29 is 13.6 Å². The van der Waals surface area contributed by atoms with Gasteiger partial charge in [0.1, 0.15) is 11.9 Å². The number of carbonyl (C=O) groups is 1. The van der Waals surface area contributed by atoms with Crippen molar-refractivity contribution >= 4 is 27.5 Å². The van der Waals surface area contributed by atoms with Crippen molar-refractivity contribution in [3.05, 3.63) is 64.1 Å². The van der Waals surface area contributed by atoms with Crippen LogP contribution in [-0.2, 0) is 4.79 Å². The van der Waals surface area contributed by atoms with Crippen molar-refractivity contribution in [2.24, 2.45) is 5.73 Å². The van der Waals surface area contributed by atoms with Crippen LogP contribution in [0.25, 0.3) is 0 Å². The summed E-state index contributed by atoms with van der Waals surface area (Å²) in [5, 5.41) is 2.35. The van der Waals surface area contributed by atoms with E-state index in [0.29, 0.717) is 11.6 Å². The molecule has 1 atom stereocenters. The number of carbonyl (C=O) groups excluding carboxylic acids is 1. The molecule has 0 bridgehead atoms. The molecule has 0 aliphatic rings. The van der Waals surface area contributed by atoms with Crippen LogP contribution in [-0.4, -0.2) is 5.91 Å². The predicted molar refractivity (Wildman–Crippen MR) is 76.1 cm³/mol. The lowest BCUT2D eigenvalue weighted by molar-refractivity contribution is -0.117. The first-order valence-electron chi connectivity index (χ1n) is 5.75. The minimum absolute atomic E-state index is 0.114. The summed E-state index contributed by atoms with van der Waals surface area (Å²) in [7, 11) is 0. The second-order valence-corrected chi connectivity index (χ2v) is 4.98. The van der Waals surface area contributed by atoms with Crippen LogP contribution in [0.5, 0.6) is 0 Å². The maximum absolute atomic E-state index is 13.6. The zero-order chi connectivity index (χ0) is 14.7. The van der Waals surface area contributed by atoms with Gasteiger partial charge in [-0.3, -0.25) is 4.79 Å². The lowest BCUT2D eigenvalue weighted by Crippen LogP contribution is -2.28. The van der Waals surface area contributed by atoms with Gasteiger partial charge >= 0.3 is 0 Å². The first-order chi connectivity index (χ1) is 9.49. The van der Waals surface area contributed by atoms with Gasteiger partial charge in [-0.2, -0.15) is 0 Å². The van der Waals surface area contributed by atoms with Gasteiger partial charge < -0.3 is 11.1 Å². The summed E-state index contributed by atoms with van der Waals surface area (Å²) in [6.45, 7) is 0. The molecular weight excluding hydrogens is 330 g/mol. The normalized spacial score (nSPS) is 12.0. The van der Waals surface area contributed by atoms with Gasteiger partial charge in [-0.15, -0.1) is 0 Å². The van der Waals surface area contributed by atoms with Gasteiger partial charge in [-0.25, -0.2) is 8.78 Å². The lowest BCUT2D eigenvalue weighted by Gasteiger charge is -2.14. The Bertz CT molecular complexity index is 611. The zero-order valence-corrected chi connectivity index (χ0v) is 11.8. The van der Waals surface area contributed by atoms with Crippen LogP contribution in [0.1, 0.15) is 11.6 Å². The highest BCUT2D eigenvalue weighted by Gasteiger charge is 2.19. The Hall–Kier alpha value is -1.79. The van der Waals surface area contributed by atoms with Crippen molar-refractivity contribution in [1.29, 1.82) is 0 Å². The Morgan fingerprint density at radius 1 is 1.20 bits per heavy atom. The highest BCUT2D eigenvalue weighted by atomic mass is 79.9. The summed E-state index contributed by atoms with van der Waals surface area (Å²) in [5.41, 5.74) is 6.26. The SMILES string of the molecule is N[C@@H](C(=O)Nc1c(F)cc(F)cc1Br)c1ccccc1. The Morgan fingerprint density at radius 3 is 2.45 bits per heavy atom. The van der Waals surface area contributed by atoms with Crippen molar-refractivity contribution in [3.63, 3.8) is 0 Å². The third-order valence-corrected chi connectivity index (χ3v) is 3.32. The quantitative estimate of drug-likeness (QED) is 0.899. The Balaban J connectivity index is 2.20. The molecule has 20 heavy (non-hydrogen) atoms. The molecular formula is C14H11BrF2N2O. The molecule has 2 aromatic rings. The maximum atomic E-state index is 13.6. The number of rotatable bonds is 3. The van der Waals surface area contributed by atoms with Crippen LogP contribution in [0, 0.1) is 11.6 Å². The summed E-state index contributed by atoms with van der Waals surface area (Å²) < 4.78 is 26.7.